The normalized spacial score (nSPS) is 13.1. The quantitative estimate of drug-likeness (QED) is 0.519. The maximum Gasteiger partial charge on any atom is 0.246 e. The molecule has 0 unspecified atom stereocenters. The molecule has 176 valence electrons. The number of nitrogen functional groups attached to an aromatic ring is 2. The van der Waals surface area contributed by atoms with Gasteiger partial charge in [0.15, 0.2) is 11.5 Å². The highest BCUT2D eigenvalue weighted by atomic mass is 35.5. The van der Waals surface area contributed by atoms with Crippen LogP contribution in [0.2, 0.25) is 5.02 Å². The van der Waals surface area contributed by atoms with E-state index in [-0.39, 0.29) is 11.9 Å². The standard InChI is InChI=1S/C25H26ClN5O3/c1-33-21-11-15(10-18-13-29-25(28)30-24(18)27)9-17(23(21)34-2)4-6-22(32)31-8-7-16-3-5-20(26)12-19(16)14-31/h3-6,9,11-13H,7-8,10,14H2,1-2H3,(H4,27,28,29,30). The lowest BCUT2D eigenvalue weighted by Gasteiger charge is -2.28. The van der Waals surface area contributed by atoms with Gasteiger partial charge in [0.1, 0.15) is 5.82 Å². The van der Waals surface area contributed by atoms with Crippen LogP contribution in [-0.4, -0.2) is 41.5 Å². The molecule has 2 heterocycles. The summed E-state index contributed by atoms with van der Waals surface area (Å²) in [4.78, 5) is 22.8. The molecule has 1 aliphatic heterocycles. The lowest BCUT2D eigenvalue weighted by molar-refractivity contribution is -0.126. The Kier molecular flexibility index (Phi) is 6.88. The molecule has 0 saturated carbocycles. The van der Waals surface area contributed by atoms with Gasteiger partial charge >= 0.3 is 0 Å². The summed E-state index contributed by atoms with van der Waals surface area (Å²) in [6.07, 6.45) is 6.16. The van der Waals surface area contributed by atoms with Crippen molar-refractivity contribution in [2.75, 3.05) is 32.2 Å². The first-order chi connectivity index (χ1) is 16.4. The molecular formula is C25H26ClN5O3. The van der Waals surface area contributed by atoms with E-state index in [4.69, 9.17) is 32.5 Å². The van der Waals surface area contributed by atoms with Crippen molar-refractivity contribution in [1.29, 1.82) is 0 Å². The lowest BCUT2D eigenvalue weighted by atomic mass is 9.99. The first-order valence-corrected chi connectivity index (χ1v) is 11.1. The number of benzene rings is 2. The average molecular weight is 480 g/mol. The van der Waals surface area contributed by atoms with E-state index in [0.29, 0.717) is 47.4 Å². The number of rotatable bonds is 6. The molecule has 8 nitrogen and oxygen atoms in total. The molecule has 0 atom stereocenters. The van der Waals surface area contributed by atoms with Crippen LogP contribution >= 0.6 is 11.6 Å². The molecule has 4 N–H and O–H groups in total. The minimum absolute atomic E-state index is 0.0896. The number of aromatic nitrogens is 2. The number of anilines is 2. The van der Waals surface area contributed by atoms with Crippen LogP contribution in [0.1, 0.15) is 27.8 Å². The van der Waals surface area contributed by atoms with E-state index in [9.17, 15) is 4.79 Å². The van der Waals surface area contributed by atoms with Crippen LogP contribution in [0.5, 0.6) is 11.5 Å². The SMILES string of the molecule is COc1cc(Cc2cnc(N)nc2N)cc(C=CC(=O)N2CCc3ccc(Cl)cc3C2)c1OC. The van der Waals surface area contributed by atoms with Gasteiger partial charge in [-0.2, -0.15) is 4.98 Å². The first kappa shape index (κ1) is 23.4. The Hall–Kier alpha value is -3.78. The number of fused-ring (bicyclic) bond motifs is 1. The van der Waals surface area contributed by atoms with Crippen molar-refractivity contribution >= 4 is 35.4 Å². The topological polar surface area (TPSA) is 117 Å². The molecule has 0 radical (unpaired) electrons. The number of ether oxygens (including phenoxy) is 2. The van der Waals surface area contributed by atoms with E-state index < -0.39 is 0 Å². The number of carbonyl (C=O) groups excluding carboxylic acids is 1. The van der Waals surface area contributed by atoms with Crippen molar-refractivity contribution in [1.82, 2.24) is 14.9 Å². The van der Waals surface area contributed by atoms with Gasteiger partial charge in [0.25, 0.3) is 0 Å². The lowest BCUT2D eigenvalue weighted by Crippen LogP contribution is -2.34. The summed E-state index contributed by atoms with van der Waals surface area (Å²) in [6.45, 7) is 1.17. The molecular weight excluding hydrogens is 454 g/mol. The van der Waals surface area contributed by atoms with Crippen molar-refractivity contribution in [3.63, 3.8) is 0 Å². The van der Waals surface area contributed by atoms with Gasteiger partial charge in [-0.15, -0.1) is 0 Å². The van der Waals surface area contributed by atoms with E-state index in [2.05, 4.69) is 9.97 Å². The second kappa shape index (κ2) is 10.0. The van der Waals surface area contributed by atoms with Gasteiger partial charge in [0.2, 0.25) is 11.9 Å². The Balaban J connectivity index is 1.58. The number of carbonyl (C=O) groups is 1. The highest BCUT2D eigenvalue weighted by Crippen LogP contribution is 2.34. The molecule has 9 heteroatoms. The smallest absolute Gasteiger partial charge is 0.246 e. The molecule has 0 fully saturated rings. The van der Waals surface area contributed by atoms with Crippen molar-refractivity contribution in [2.24, 2.45) is 0 Å². The molecule has 0 bridgehead atoms. The molecule has 0 saturated heterocycles. The maximum atomic E-state index is 13.0. The van der Waals surface area contributed by atoms with Gasteiger partial charge in [-0.25, -0.2) is 4.98 Å². The van der Waals surface area contributed by atoms with Crippen LogP contribution in [0.15, 0.2) is 42.6 Å². The molecule has 1 aliphatic rings. The summed E-state index contributed by atoms with van der Waals surface area (Å²) in [7, 11) is 3.13. The zero-order chi connectivity index (χ0) is 24.2. The Labute approximate surface area is 203 Å². The molecule has 2 aromatic carbocycles. The molecule has 1 amide bonds. The third-order valence-electron chi connectivity index (χ3n) is 5.78. The second-order valence-electron chi connectivity index (χ2n) is 7.99. The van der Waals surface area contributed by atoms with Gasteiger partial charge in [-0.3, -0.25) is 4.79 Å². The van der Waals surface area contributed by atoms with Gasteiger partial charge < -0.3 is 25.8 Å². The molecule has 4 rings (SSSR count). The predicted octanol–water partition coefficient (Wildman–Crippen LogP) is 3.50. The van der Waals surface area contributed by atoms with Crippen LogP contribution in [-0.2, 0) is 24.2 Å². The number of halogens is 1. The van der Waals surface area contributed by atoms with E-state index in [1.807, 2.05) is 30.3 Å². The first-order valence-electron chi connectivity index (χ1n) is 10.7. The van der Waals surface area contributed by atoms with Crippen LogP contribution in [0.3, 0.4) is 0 Å². The zero-order valence-electron chi connectivity index (χ0n) is 19.0. The average Bonchev–Trinajstić information content (AvgIpc) is 2.83. The zero-order valence-corrected chi connectivity index (χ0v) is 19.8. The van der Waals surface area contributed by atoms with Crippen LogP contribution in [0.25, 0.3) is 6.08 Å². The van der Waals surface area contributed by atoms with Gasteiger partial charge in [-0.1, -0.05) is 17.7 Å². The highest BCUT2D eigenvalue weighted by Gasteiger charge is 2.20. The Morgan fingerprint density at radius 3 is 2.74 bits per heavy atom. The summed E-state index contributed by atoms with van der Waals surface area (Å²) in [5, 5.41) is 0.671. The summed E-state index contributed by atoms with van der Waals surface area (Å²) in [5.41, 5.74) is 16.2. The minimum Gasteiger partial charge on any atom is -0.493 e. The van der Waals surface area contributed by atoms with E-state index in [1.54, 1.807) is 37.5 Å². The number of methoxy groups -OCH3 is 2. The fourth-order valence-electron chi connectivity index (χ4n) is 4.05. The highest BCUT2D eigenvalue weighted by molar-refractivity contribution is 6.30. The fraction of sp³-hybridized carbons (Fsp3) is 0.240. The third-order valence-corrected chi connectivity index (χ3v) is 6.01. The Morgan fingerprint density at radius 1 is 1.18 bits per heavy atom. The van der Waals surface area contributed by atoms with Crippen LogP contribution < -0.4 is 20.9 Å². The monoisotopic (exact) mass is 479 g/mol. The van der Waals surface area contributed by atoms with Crippen LogP contribution in [0.4, 0.5) is 11.8 Å². The largest absolute Gasteiger partial charge is 0.493 e. The van der Waals surface area contributed by atoms with Crippen molar-refractivity contribution in [3.05, 3.63) is 75.4 Å². The van der Waals surface area contributed by atoms with Gasteiger partial charge in [0.05, 0.1) is 14.2 Å². The molecule has 0 aliphatic carbocycles. The Morgan fingerprint density at radius 2 is 2.00 bits per heavy atom. The van der Waals surface area contributed by atoms with Crippen molar-refractivity contribution < 1.29 is 14.3 Å². The fourth-order valence-corrected chi connectivity index (χ4v) is 4.24. The number of amides is 1. The van der Waals surface area contributed by atoms with Crippen LogP contribution in [0, 0.1) is 0 Å². The van der Waals surface area contributed by atoms with E-state index in [0.717, 1.165) is 23.1 Å². The van der Waals surface area contributed by atoms with E-state index >= 15 is 0 Å². The van der Waals surface area contributed by atoms with Crippen molar-refractivity contribution in [2.45, 2.75) is 19.4 Å². The molecule has 1 aromatic heterocycles. The van der Waals surface area contributed by atoms with Gasteiger partial charge in [0, 0.05) is 47.9 Å². The molecule has 0 spiro atoms. The molecule has 34 heavy (non-hydrogen) atoms. The Bertz CT molecular complexity index is 1260. The predicted molar refractivity (Wildman–Crippen MR) is 133 cm³/mol. The number of nitrogens with zero attached hydrogens (tertiary/aromatic N) is 3. The maximum absolute atomic E-state index is 13.0. The number of nitrogens with two attached hydrogens (primary N) is 2. The third kappa shape index (κ3) is 5.07. The second-order valence-corrected chi connectivity index (χ2v) is 8.43. The number of hydrogen-bond donors (Lipinski definition) is 2. The van der Waals surface area contributed by atoms with E-state index in [1.165, 1.54) is 5.56 Å². The number of hydrogen-bond acceptors (Lipinski definition) is 7. The summed E-state index contributed by atoms with van der Waals surface area (Å²) >= 11 is 6.13. The summed E-state index contributed by atoms with van der Waals surface area (Å²) < 4.78 is 11.1. The minimum atomic E-state index is -0.0896. The van der Waals surface area contributed by atoms with Gasteiger partial charge in [-0.05, 0) is 53.5 Å². The summed E-state index contributed by atoms with van der Waals surface area (Å²) in [6, 6.07) is 9.61. The van der Waals surface area contributed by atoms with Crippen molar-refractivity contribution in [3.8, 4) is 11.5 Å². The summed E-state index contributed by atoms with van der Waals surface area (Å²) in [5.74, 6) is 1.43. The molecule has 3 aromatic rings.